The number of ether oxygens (including phenoxy) is 1. The zero-order valence-electron chi connectivity index (χ0n) is 10.2. The molecule has 1 unspecified atom stereocenters. The number of hydrogen-bond donors (Lipinski definition) is 2. The Balaban J connectivity index is 2.84. The number of nitrogens with one attached hydrogen (secondary N) is 1. The van der Waals surface area contributed by atoms with Crippen LogP contribution in [0, 0.1) is 11.7 Å². The van der Waals surface area contributed by atoms with Gasteiger partial charge in [-0.1, -0.05) is 13.8 Å². The van der Waals surface area contributed by atoms with Gasteiger partial charge in [0.25, 0.3) is 0 Å². The molecule has 0 saturated heterocycles. The Hall–Kier alpha value is -1.62. The first-order valence-electron chi connectivity index (χ1n) is 5.35. The largest absolute Gasteiger partial charge is 0.494 e. The number of hydrogen-bond acceptors (Lipinski definition) is 3. The van der Waals surface area contributed by atoms with E-state index in [2.05, 4.69) is 5.32 Å². The number of rotatable bonds is 4. The summed E-state index contributed by atoms with van der Waals surface area (Å²) in [5.41, 5.74) is 6.11. The van der Waals surface area contributed by atoms with Gasteiger partial charge >= 0.3 is 0 Å². The lowest BCUT2D eigenvalue weighted by Crippen LogP contribution is -2.39. The summed E-state index contributed by atoms with van der Waals surface area (Å²) >= 11 is 0. The van der Waals surface area contributed by atoms with E-state index in [0.717, 1.165) is 0 Å². The standard InChI is InChI=1S/C12H17FN2O2/c1-7(2)11(14)12(16)15-9-5-4-8(13)6-10(9)17-3/h4-7,11H,14H2,1-3H3,(H,15,16). The van der Waals surface area contributed by atoms with E-state index in [4.69, 9.17) is 10.5 Å². The molecule has 0 bridgehead atoms. The molecule has 17 heavy (non-hydrogen) atoms. The van der Waals surface area contributed by atoms with Crippen molar-refractivity contribution in [3.63, 3.8) is 0 Å². The Morgan fingerprint density at radius 1 is 1.47 bits per heavy atom. The van der Waals surface area contributed by atoms with Gasteiger partial charge in [-0.05, 0) is 18.1 Å². The Kier molecular flexibility index (Phi) is 4.45. The molecule has 5 heteroatoms. The smallest absolute Gasteiger partial charge is 0.241 e. The van der Waals surface area contributed by atoms with E-state index in [0.29, 0.717) is 5.69 Å². The average Bonchev–Trinajstić information content (AvgIpc) is 2.30. The molecular weight excluding hydrogens is 223 g/mol. The van der Waals surface area contributed by atoms with Gasteiger partial charge in [-0.25, -0.2) is 4.39 Å². The van der Waals surface area contributed by atoms with E-state index in [1.54, 1.807) is 0 Å². The van der Waals surface area contributed by atoms with E-state index >= 15 is 0 Å². The van der Waals surface area contributed by atoms with E-state index < -0.39 is 11.9 Å². The van der Waals surface area contributed by atoms with Crippen LogP contribution in [-0.2, 0) is 4.79 Å². The third-order valence-corrected chi connectivity index (χ3v) is 2.44. The van der Waals surface area contributed by atoms with Crippen molar-refractivity contribution in [3.8, 4) is 5.75 Å². The van der Waals surface area contributed by atoms with Crippen molar-refractivity contribution in [1.82, 2.24) is 0 Å². The molecule has 4 nitrogen and oxygen atoms in total. The van der Waals surface area contributed by atoms with E-state index in [1.165, 1.54) is 25.3 Å². The second-order valence-corrected chi connectivity index (χ2v) is 4.10. The minimum Gasteiger partial charge on any atom is -0.494 e. The van der Waals surface area contributed by atoms with Gasteiger partial charge in [0.15, 0.2) is 0 Å². The molecular formula is C12H17FN2O2. The molecule has 0 aliphatic carbocycles. The molecule has 1 aromatic carbocycles. The van der Waals surface area contributed by atoms with Gasteiger partial charge in [0.1, 0.15) is 11.6 Å². The molecule has 1 rings (SSSR count). The summed E-state index contributed by atoms with van der Waals surface area (Å²) in [6.45, 7) is 3.71. The van der Waals surface area contributed by atoms with E-state index in [-0.39, 0.29) is 17.6 Å². The number of halogens is 1. The van der Waals surface area contributed by atoms with Crippen molar-refractivity contribution >= 4 is 11.6 Å². The second-order valence-electron chi connectivity index (χ2n) is 4.10. The van der Waals surface area contributed by atoms with Crippen LogP contribution in [0.25, 0.3) is 0 Å². The van der Waals surface area contributed by atoms with Crippen LogP contribution in [0.5, 0.6) is 5.75 Å². The SMILES string of the molecule is COc1cc(F)ccc1NC(=O)C(N)C(C)C. The van der Waals surface area contributed by atoms with Crippen molar-refractivity contribution in [1.29, 1.82) is 0 Å². The molecule has 3 N–H and O–H groups in total. The summed E-state index contributed by atoms with van der Waals surface area (Å²) in [4.78, 5) is 11.7. The zero-order valence-corrected chi connectivity index (χ0v) is 10.2. The first kappa shape index (κ1) is 13.4. The van der Waals surface area contributed by atoms with Gasteiger partial charge in [-0.2, -0.15) is 0 Å². The van der Waals surface area contributed by atoms with E-state index in [9.17, 15) is 9.18 Å². The molecule has 1 amide bonds. The highest BCUT2D eigenvalue weighted by molar-refractivity contribution is 5.96. The molecule has 0 aliphatic rings. The fourth-order valence-electron chi connectivity index (χ4n) is 1.29. The molecule has 0 saturated carbocycles. The number of methoxy groups -OCH3 is 1. The molecule has 0 spiro atoms. The van der Waals surface area contributed by atoms with Gasteiger partial charge in [0.05, 0.1) is 18.8 Å². The number of amides is 1. The third-order valence-electron chi connectivity index (χ3n) is 2.44. The Morgan fingerprint density at radius 3 is 2.65 bits per heavy atom. The van der Waals surface area contributed by atoms with Gasteiger partial charge in [0.2, 0.25) is 5.91 Å². The molecule has 1 aromatic rings. The van der Waals surface area contributed by atoms with Crippen molar-refractivity contribution in [2.45, 2.75) is 19.9 Å². The summed E-state index contributed by atoms with van der Waals surface area (Å²) in [5, 5.41) is 2.61. The highest BCUT2D eigenvalue weighted by Crippen LogP contribution is 2.25. The average molecular weight is 240 g/mol. The van der Waals surface area contributed by atoms with Crippen molar-refractivity contribution in [2.24, 2.45) is 11.7 Å². The normalized spacial score (nSPS) is 12.4. The molecule has 0 fully saturated rings. The molecule has 1 atom stereocenters. The molecule has 0 radical (unpaired) electrons. The minimum absolute atomic E-state index is 0.0291. The quantitative estimate of drug-likeness (QED) is 0.842. The lowest BCUT2D eigenvalue weighted by Gasteiger charge is -2.16. The van der Waals surface area contributed by atoms with Crippen LogP contribution in [-0.4, -0.2) is 19.1 Å². The Bertz CT molecular complexity index is 407. The molecule has 0 heterocycles. The zero-order chi connectivity index (χ0) is 13.0. The molecule has 0 aromatic heterocycles. The van der Waals surface area contributed by atoms with Crippen molar-refractivity contribution in [2.75, 3.05) is 12.4 Å². The first-order valence-corrected chi connectivity index (χ1v) is 5.35. The van der Waals surface area contributed by atoms with Crippen molar-refractivity contribution in [3.05, 3.63) is 24.0 Å². The summed E-state index contributed by atoms with van der Waals surface area (Å²) in [7, 11) is 1.41. The van der Waals surface area contributed by atoms with E-state index in [1.807, 2.05) is 13.8 Å². The predicted molar refractivity (Wildman–Crippen MR) is 64.4 cm³/mol. The number of anilines is 1. The fourth-order valence-corrected chi connectivity index (χ4v) is 1.29. The van der Waals surface area contributed by atoms with Crippen LogP contribution in [0.4, 0.5) is 10.1 Å². The highest BCUT2D eigenvalue weighted by atomic mass is 19.1. The summed E-state index contributed by atoms with van der Waals surface area (Å²) in [6.07, 6.45) is 0. The predicted octanol–water partition coefficient (Wildman–Crippen LogP) is 1.76. The topological polar surface area (TPSA) is 64.3 Å². The van der Waals surface area contributed by atoms with Crippen LogP contribution in [0.15, 0.2) is 18.2 Å². The lowest BCUT2D eigenvalue weighted by atomic mass is 10.0. The Morgan fingerprint density at radius 2 is 2.12 bits per heavy atom. The number of nitrogens with two attached hydrogens (primary N) is 1. The van der Waals surface area contributed by atoms with Crippen LogP contribution in [0.3, 0.4) is 0 Å². The number of benzene rings is 1. The van der Waals surface area contributed by atoms with Crippen LogP contribution < -0.4 is 15.8 Å². The summed E-state index contributed by atoms with van der Waals surface area (Å²) in [5.74, 6) is -0.436. The maximum atomic E-state index is 12.9. The fraction of sp³-hybridized carbons (Fsp3) is 0.417. The van der Waals surface area contributed by atoms with Crippen LogP contribution >= 0.6 is 0 Å². The van der Waals surface area contributed by atoms with Gasteiger partial charge < -0.3 is 15.8 Å². The summed E-state index contributed by atoms with van der Waals surface area (Å²) < 4.78 is 17.9. The number of carbonyl (C=O) groups is 1. The van der Waals surface area contributed by atoms with Crippen LogP contribution in [0.1, 0.15) is 13.8 Å². The highest BCUT2D eigenvalue weighted by Gasteiger charge is 2.18. The molecule has 0 aliphatic heterocycles. The monoisotopic (exact) mass is 240 g/mol. The Labute approximate surface area is 100.0 Å². The third kappa shape index (κ3) is 3.42. The second kappa shape index (κ2) is 5.63. The maximum absolute atomic E-state index is 12.9. The lowest BCUT2D eigenvalue weighted by molar-refractivity contribution is -0.118. The molecule has 94 valence electrons. The van der Waals surface area contributed by atoms with Crippen molar-refractivity contribution < 1.29 is 13.9 Å². The van der Waals surface area contributed by atoms with Gasteiger partial charge in [0, 0.05) is 6.07 Å². The van der Waals surface area contributed by atoms with Gasteiger partial charge in [-0.15, -0.1) is 0 Å². The maximum Gasteiger partial charge on any atom is 0.241 e. The summed E-state index contributed by atoms with van der Waals surface area (Å²) in [6, 6.07) is 3.29. The van der Waals surface area contributed by atoms with Crippen LogP contribution in [0.2, 0.25) is 0 Å². The minimum atomic E-state index is -0.607. The number of carbonyl (C=O) groups excluding carboxylic acids is 1. The first-order chi connectivity index (χ1) is 7.95. The van der Waals surface area contributed by atoms with Gasteiger partial charge in [-0.3, -0.25) is 4.79 Å².